The molecule has 0 N–H and O–H groups in total. The number of ether oxygens (including phenoxy) is 2. The largest absolute Gasteiger partial charge is 0.494 e. The van der Waals surface area contributed by atoms with Gasteiger partial charge in [-0.15, -0.1) is 12.4 Å². The summed E-state index contributed by atoms with van der Waals surface area (Å²) in [5.41, 5.74) is 2.18. The van der Waals surface area contributed by atoms with Crippen molar-refractivity contribution in [3.8, 4) is 0 Å². The van der Waals surface area contributed by atoms with Crippen LogP contribution in [0.1, 0.15) is 12.5 Å². The number of anilines is 1. The van der Waals surface area contributed by atoms with Crippen molar-refractivity contribution in [2.45, 2.75) is 13.3 Å². The van der Waals surface area contributed by atoms with Gasteiger partial charge in [0.25, 0.3) is 5.91 Å². The molecule has 0 bridgehead atoms. The van der Waals surface area contributed by atoms with Crippen molar-refractivity contribution in [3.63, 3.8) is 0 Å². The highest BCUT2D eigenvalue weighted by molar-refractivity contribution is 7.22. The number of rotatable bonds is 6. The average Bonchev–Trinajstić information content (AvgIpc) is 3.04. The molecule has 0 radical (unpaired) electrons. The molecule has 1 aliphatic heterocycles. The van der Waals surface area contributed by atoms with Gasteiger partial charge in [-0.2, -0.15) is 0 Å². The third kappa shape index (κ3) is 4.66. The fraction of sp³-hybridized carbons (Fsp3) is 0.444. The molecule has 0 atom stereocenters. The molecule has 6 nitrogen and oxygen atoms in total. The van der Waals surface area contributed by atoms with E-state index in [0.717, 1.165) is 23.2 Å². The van der Waals surface area contributed by atoms with Crippen LogP contribution in [0.4, 0.5) is 5.13 Å². The Morgan fingerprint density at radius 1 is 1.27 bits per heavy atom. The van der Waals surface area contributed by atoms with Gasteiger partial charge in [-0.1, -0.05) is 24.3 Å². The van der Waals surface area contributed by atoms with Crippen LogP contribution in [-0.2, 0) is 20.7 Å². The van der Waals surface area contributed by atoms with E-state index in [1.165, 1.54) is 23.2 Å². The summed E-state index contributed by atoms with van der Waals surface area (Å²) in [5.74, 6) is 0.0230. The lowest BCUT2D eigenvalue weighted by Gasteiger charge is -2.24. The molecule has 0 fully saturated rings. The summed E-state index contributed by atoms with van der Waals surface area (Å²) in [5, 5.41) is 0.685. The number of amides is 1. The molecular formula is C18H24ClN3O3S. The van der Waals surface area contributed by atoms with Crippen molar-refractivity contribution in [3.05, 3.63) is 35.8 Å². The van der Waals surface area contributed by atoms with Crippen LogP contribution in [-0.4, -0.2) is 56.2 Å². The highest BCUT2D eigenvalue weighted by Crippen LogP contribution is 2.30. The molecule has 0 spiro atoms. The quantitative estimate of drug-likeness (QED) is 0.749. The van der Waals surface area contributed by atoms with Crippen molar-refractivity contribution in [2.24, 2.45) is 0 Å². The van der Waals surface area contributed by atoms with Crippen molar-refractivity contribution < 1.29 is 14.3 Å². The Labute approximate surface area is 163 Å². The number of carbonyl (C=O) groups excluding carboxylic acids is 1. The van der Waals surface area contributed by atoms with Crippen molar-refractivity contribution in [1.29, 1.82) is 0 Å². The second-order valence-corrected chi connectivity index (χ2v) is 7.12. The predicted molar refractivity (Wildman–Crippen MR) is 107 cm³/mol. The molecule has 2 aromatic rings. The maximum Gasteiger partial charge on any atom is 0.298 e. The van der Waals surface area contributed by atoms with Gasteiger partial charge in [-0.3, -0.25) is 9.69 Å². The standard InChI is InChI=1S/C18H23N3O3S.ClH/c1-4-13-5-6-14-16(11-13)25-18(19-14)21(8-7-20(2)3)17(22)15-12-23-9-10-24-15;/h5-6,11-12H,4,7-10H2,1-3H3;1H. The second-order valence-electron chi connectivity index (χ2n) is 6.11. The van der Waals surface area contributed by atoms with Crippen LogP contribution in [0.5, 0.6) is 0 Å². The number of hydrogen-bond acceptors (Lipinski definition) is 6. The van der Waals surface area contributed by atoms with E-state index in [2.05, 4.69) is 24.0 Å². The SMILES string of the molecule is CCc1ccc2nc(N(CCN(C)C)C(=O)C3=COCCO3)sc2c1.Cl. The third-order valence-electron chi connectivity index (χ3n) is 3.96. The van der Waals surface area contributed by atoms with E-state index in [9.17, 15) is 4.79 Å². The number of aromatic nitrogens is 1. The van der Waals surface area contributed by atoms with E-state index in [4.69, 9.17) is 9.47 Å². The van der Waals surface area contributed by atoms with Crippen LogP contribution in [0.3, 0.4) is 0 Å². The molecule has 1 aromatic heterocycles. The normalized spacial score (nSPS) is 13.6. The maximum absolute atomic E-state index is 12.9. The second kappa shape index (κ2) is 9.21. The van der Waals surface area contributed by atoms with Crippen LogP contribution in [0.2, 0.25) is 0 Å². The van der Waals surface area contributed by atoms with Crippen LogP contribution in [0.25, 0.3) is 10.2 Å². The molecule has 1 aromatic carbocycles. The molecule has 0 saturated heterocycles. The van der Waals surface area contributed by atoms with Crippen LogP contribution in [0, 0.1) is 0 Å². The predicted octanol–water partition coefficient (Wildman–Crippen LogP) is 3.06. The Balaban J connectivity index is 0.00000243. The number of halogens is 1. The Morgan fingerprint density at radius 2 is 2.08 bits per heavy atom. The minimum absolute atomic E-state index is 0. The van der Waals surface area contributed by atoms with Crippen LogP contribution >= 0.6 is 23.7 Å². The van der Waals surface area contributed by atoms with Gasteiger partial charge in [0.15, 0.2) is 5.13 Å². The fourth-order valence-electron chi connectivity index (χ4n) is 2.49. The lowest BCUT2D eigenvalue weighted by molar-refractivity contribution is -0.119. The van der Waals surface area contributed by atoms with Gasteiger partial charge in [0, 0.05) is 13.1 Å². The summed E-state index contributed by atoms with van der Waals surface area (Å²) < 4.78 is 11.8. The lowest BCUT2D eigenvalue weighted by atomic mass is 10.2. The van der Waals surface area contributed by atoms with Gasteiger partial charge in [0.2, 0.25) is 5.76 Å². The van der Waals surface area contributed by atoms with Crippen LogP contribution < -0.4 is 4.90 Å². The number of nitrogens with zero attached hydrogens (tertiary/aromatic N) is 3. The first-order valence-corrected chi connectivity index (χ1v) is 9.20. The molecule has 0 saturated carbocycles. The van der Waals surface area contributed by atoms with E-state index >= 15 is 0 Å². The summed E-state index contributed by atoms with van der Waals surface area (Å²) in [4.78, 5) is 21.3. The van der Waals surface area contributed by atoms with E-state index < -0.39 is 0 Å². The van der Waals surface area contributed by atoms with Gasteiger partial charge >= 0.3 is 0 Å². The van der Waals surface area contributed by atoms with E-state index in [1.807, 2.05) is 25.1 Å². The Hall–Kier alpha value is -1.83. The molecule has 26 heavy (non-hydrogen) atoms. The molecule has 1 aliphatic rings. The number of benzene rings is 1. The summed E-state index contributed by atoms with van der Waals surface area (Å²) >= 11 is 1.53. The zero-order chi connectivity index (χ0) is 17.8. The number of hydrogen-bond donors (Lipinski definition) is 0. The zero-order valence-electron chi connectivity index (χ0n) is 15.2. The van der Waals surface area contributed by atoms with Gasteiger partial charge in [-0.05, 0) is 38.2 Å². The van der Waals surface area contributed by atoms with E-state index in [1.54, 1.807) is 4.90 Å². The van der Waals surface area contributed by atoms with Crippen molar-refractivity contribution in [2.75, 3.05) is 45.3 Å². The molecule has 1 amide bonds. The Morgan fingerprint density at radius 3 is 2.73 bits per heavy atom. The monoisotopic (exact) mass is 397 g/mol. The Bertz CT molecular complexity index is 791. The first kappa shape index (κ1) is 20.5. The van der Waals surface area contributed by atoms with Crippen molar-refractivity contribution >= 4 is 45.0 Å². The molecule has 0 unspecified atom stereocenters. The van der Waals surface area contributed by atoms with Gasteiger partial charge in [0.1, 0.15) is 19.5 Å². The number of carbonyl (C=O) groups is 1. The third-order valence-corrected chi connectivity index (χ3v) is 5.00. The highest BCUT2D eigenvalue weighted by atomic mass is 35.5. The number of aryl methyl sites for hydroxylation is 1. The van der Waals surface area contributed by atoms with Crippen molar-refractivity contribution in [1.82, 2.24) is 9.88 Å². The van der Waals surface area contributed by atoms with E-state index in [-0.39, 0.29) is 24.1 Å². The van der Waals surface area contributed by atoms with Crippen LogP contribution in [0.15, 0.2) is 30.2 Å². The summed E-state index contributed by atoms with van der Waals surface area (Å²) in [7, 11) is 3.96. The topological polar surface area (TPSA) is 54.9 Å². The summed E-state index contributed by atoms with van der Waals surface area (Å²) in [6, 6.07) is 6.24. The van der Waals surface area contributed by atoms with Gasteiger partial charge < -0.3 is 14.4 Å². The number of thiazole rings is 1. The lowest BCUT2D eigenvalue weighted by Crippen LogP contribution is -2.38. The minimum atomic E-state index is -0.212. The maximum atomic E-state index is 12.9. The number of likely N-dealkylation sites (N-methyl/N-ethyl adjacent to an activating group) is 1. The number of fused-ring (bicyclic) bond motifs is 1. The summed E-state index contributed by atoms with van der Waals surface area (Å²) in [6.45, 7) is 4.25. The van der Waals surface area contributed by atoms with Gasteiger partial charge in [0.05, 0.1) is 10.2 Å². The Kier molecular flexibility index (Phi) is 7.25. The first-order chi connectivity index (χ1) is 12.1. The van der Waals surface area contributed by atoms with Gasteiger partial charge in [-0.25, -0.2) is 4.98 Å². The molecular weight excluding hydrogens is 374 g/mol. The smallest absolute Gasteiger partial charge is 0.298 e. The fourth-order valence-corrected chi connectivity index (χ4v) is 3.54. The molecule has 3 rings (SSSR count). The molecule has 0 aliphatic carbocycles. The highest BCUT2D eigenvalue weighted by Gasteiger charge is 2.26. The average molecular weight is 398 g/mol. The molecule has 2 heterocycles. The first-order valence-electron chi connectivity index (χ1n) is 8.39. The summed E-state index contributed by atoms with van der Waals surface area (Å²) in [6.07, 6.45) is 2.38. The molecule has 142 valence electrons. The zero-order valence-corrected chi connectivity index (χ0v) is 16.9. The molecule has 8 heteroatoms. The minimum Gasteiger partial charge on any atom is -0.494 e. The van der Waals surface area contributed by atoms with E-state index in [0.29, 0.717) is 24.9 Å².